The summed E-state index contributed by atoms with van der Waals surface area (Å²) in [7, 11) is 0. The molecule has 0 unspecified atom stereocenters. The molecule has 4 rings (SSSR count). The Labute approximate surface area is 185 Å². The van der Waals surface area contributed by atoms with E-state index in [1.54, 1.807) is 10.8 Å². The summed E-state index contributed by atoms with van der Waals surface area (Å²) in [6.07, 6.45) is 1.72. The normalized spacial score (nSPS) is 11.2. The Morgan fingerprint density at radius 1 is 0.903 bits per heavy atom. The smallest absolute Gasteiger partial charge is 0.307 e. The van der Waals surface area contributed by atoms with Gasteiger partial charge in [0.2, 0.25) is 4.80 Å². The van der Waals surface area contributed by atoms with E-state index in [1.807, 2.05) is 53.9 Å². The Morgan fingerprint density at radius 2 is 1.52 bits per heavy atom. The van der Waals surface area contributed by atoms with Gasteiger partial charge in [-0.1, -0.05) is 78.9 Å². The summed E-state index contributed by atoms with van der Waals surface area (Å²) in [5.41, 5.74) is 7.76. The summed E-state index contributed by atoms with van der Waals surface area (Å²) >= 11 is 1.47. The van der Waals surface area contributed by atoms with Crippen molar-refractivity contribution in [3.63, 3.8) is 0 Å². The minimum Gasteiger partial charge on any atom is -0.307 e. The van der Waals surface area contributed by atoms with E-state index in [1.165, 1.54) is 11.3 Å². The van der Waals surface area contributed by atoms with Crippen molar-refractivity contribution in [2.75, 3.05) is 17.3 Å². The lowest BCUT2D eigenvalue weighted by atomic mass is 10.0. The van der Waals surface area contributed by atoms with Crippen LogP contribution in [0.25, 0.3) is 22.4 Å². The first-order chi connectivity index (χ1) is 15.2. The van der Waals surface area contributed by atoms with Crippen molar-refractivity contribution in [2.45, 2.75) is 0 Å². The average Bonchev–Trinajstić information content (AvgIpc) is 3.21. The first kappa shape index (κ1) is 20.4. The Bertz CT molecular complexity index is 1230. The lowest BCUT2D eigenvalue weighted by Gasteiger charge is -2.12. The predicted molar refractivity (Wildman–Crippen MR) is 129 cm³/mol. The number of thiazole rings is 1. The zero-order valence-corrected chi connectivity index (χ0v) is 17.7. The fourth-order valence-corrected chi connectivity index (χ4v) is 3.98. The highest BCUT2D eigenvalue weighted by Gasteiger charge is 2.11. The van der Waals surface area contributed by atoms with Crippen molar-refractivity contribution in [3.8, 4) is 22.4 Å². The number of benzene rings is 3. The van der Waals surface area contributed by atoms with Crippen LogP contribution >= 0.6 is 11.3 Å². The van der Waals surface area contributed by atoms with Gasteiger partial charge in [-0.05, 0) is 23.3 Å². The molecule has 0 fully saturated rings. The first-order valence-corrected chi connectivity index (χ1v) is 10.7. The monoisotopic (exact) mass is 426 g/mol. The number of anilines is 1. The summed E-state index contributed by atoms with van der Waals surface area (Å²) in [5.74, 6) is 0. The number of aromatic nitrogens is 1. The third kappa shape index (κ3) is 4.99. The minimum absolute atomic E-state index is 0.341. The number of hydrogen-bond acceptors (Lipinski definition) is 3. The molecule has 31 heavy (non-hydrogen) atoms. The van der Waals surface area contributed by atoms with Crippen molar-refractivity contribution >= 4 is 23.1 Å². The molecule has 0 saturated carbocycles. The van der Waals surface area contributed by atoms with E-state index in [2.05, 4.69) is 58.7 Å². The van der Waals surface area contributed by atoms with Crippen molar-refractivity contribution in [1.29, 1.82) is 0 Å². The van der Waals surface area contributed by atoms with Gasteiger partial charge in [-0.3, -0.25) is 4.99 Å². The molecule has 154 valence electrons. The molecule has 0 atom stereocenters. The molecule has 1 aromatic heterocycles. The zero-order chi connectivity index (χ0) is 21.5. The molecule has 2 amide bonds. The molecule has 0 radical (unpaired) electrons. The van der Waals surface area contributed by atoms with Gasteiger partial charge < -0.3 is 5.32 Å². The van der Waals surface area contributed by atoms with Crippen LogP contribution in [0.1, 0.15) is 0 Å². The van der Waals surface area contributed by atoms with Gasteiger partial charge in [-0.15, -0.1) is 17.9 Å². The van der Waals surface area contributed by atoms with Gasteiger partial charge in [0.15, 0.2) is 0 Å². The lowest BCUT2D eigenvalue weighted by molar-refractivity contribution is 0.259. The van der Waals surface area contributed by atoms with Gasteiger partial charge in [0, 0.05) is 16.6 Å². The highest BCUT2D eigenvalue weighted by atomic mass is 32.1. The molecule has 2 N–H and O–H groups in total. The molecule has 3 aromatic carbocycles. The van der Waals surface area contributed by atoms with Crippen LogP contribution in [-0.4, -0.2) is 17.3 Å². The molecule has 5 nitrogen and oxygen atoms in total. The topological polar surface area (TPSA) is 58.4 Å². The van der Waals surface area contributed by atoms with Crippen LogP contribution < -0.4 is 15.5 Å². The second-order valence-electron chi connectivity index (χ2n) is 6.74. The van der Waals surface area contributed by atoms with Gasteiger partial charge >= 0.3 is 6.03 Å². The number of nitrogens with zero attached hydrogens (tertiary/aromatic N) is 2. The number of carbonyl (C=O) groups excluding carboxylic acids is 1. The molecule has 1 heterocycles. The van der Waals surface area contributed by atoms with E-state index in [9.17, 15) is 4.79 Å². The van der Waals surface area contributed by atoms with E-state index in [-0.39, 0.29) is 6.03 Å². The van der Waals surface area contributed by atoms with Gasteiger partial charge in [0.25, 0.3) is 0 Å². The highest BCUT2D eigenvalue weighted by molar-refractivity contribution is 7.07. The van der Waals surface area contributed by atoms with E-state index >= 15 is 0 Å². The molecule has 0 bridgehead atoms. The average molecular weight is 427 g/mol. The second kappa shape index (κ2) is 9.73. The maximum Gasteiger partial charge on any atom is 0.338 e. The number of carbonyl (C=O) groups is 1. The molecular weight excluding hydrogens is 404 g/mol. The second-order valence-corrected chi connectivity index (χ2v) is 7.58. The standard InChI is InChI=1S/C25H22N4OS/c1-2-17-26-25-29(28-24(30)27-22-11-7-4-8-12-22)23(18-31-25)21-15-13-20(14-16-21)19-9-5-3-6-10-19/h2-16,18H,1,17H2,(H2,27,28,30). The van der Waals surface area contributed by atoms with Crippen LogP contribution in [0.15, 0.2) is 108 Å². The number of para-hydroxylation sites is 1. The third-order valence-electron chi connectivity index (χ3n) is 4.60. The van der Waals surface area contributed by atoms with Crippen molar-refractivity contribution in [3.05, 3.63) is 108 Å². The SMILES string of the molecule is C=CCN=c1scc(-c2ccc(-c3ccccc3)cc2)n1NC(=O)Nc1ccccc1. The zero-order valence-electron chi connectivity index (χ0n) is 16.9. The van der Waals surface area contributed by atoms with Crippen LogP contribution in [0.2, 0.25) is 0 Å². The van der Waals surface area contributed by atoms with E-state index in [0.717, 1.165) is 22.4 Å². The van der Waals surface area contributed by atoms with Crippen molar-refractivity contribution in [1.82, 2.24) is 4.68 Å². The molecule has 6 heteroatoms. The summed E-state index contributed by atoms with van der Waals surface area (Å²) in [6, 6.07) is 27.5. The number of nitrogens with one attached hydrogen (secondary N) is 2. The summed E-state index contributed by atoms with van der Waals surface area (Å²) < 4.78 is 1.71. The van der Waals surface area contributed by atoms with Gasteiger partial charge in [0.05, 0.1) is 12.2 Å². The van der Waals surface area contributed by atoms with E-state index in [0.29, 0.717) is 17.0 Å². The highest BCUT2D eigenvalue weighted by Crippen LogP contribution is 2.25. The molecule has 0 aliphatic carbocycles. The Kier molecular flexibility index (Phi) is 6.40. The molecule has 0 saturated heterocycles. The number of hydrogen-bond donors (Lipinski definition) is 2. The summed E-state index contributed by atoms with van der Waals surface area (Å²) in [4.78, 5) is 17.8. The maximum atomic E-state index is 12.6. The molecule has 0 aliphatic rings. The summed E-state index contributed by atoms with van der Waals surface area (Å²) in [6.45, 7) is 4.19. The quantitative estimate of drug-likeness (QED) is 0.379. The Balaban J connectivity index is 1.64. The van der Waals surface area contributed by atoms with E-state index < -0.39 is 0 Å². The molecule has 0 aliphatic heterocycles. The number of urea groups is 1. The minimum atomic E-state index is -0.341. The van der Waals surface area contributed by atoms with Crippen molar-refractivity contribution < 1.29 is 4.79 Å². The van der Waals surface area contributed by atoms with Gasteiger partial charge in [0.1, 0.15) is 0 Å². The fourth-order valence-electron chi connectivity index (χ4n) is 3.12. The third-order valence-corrected chi connectivity index (χ3v) is 5.46. The molecule has 0 spiro atoms. The molecular formula is C25H22N4OS. The number of amides is 2. The lowest BCUT2D eigenvalue weighted by Crippen LogP contribution is -2.34. The fraction of sp³-hybridized carbons (Fsp3) is 0.0400. The Hall–Kier alpha value is -3.90. The van der Waals surface area contributed by atoms with Crippen LogP contribution in [0.4, 0.5) is 10.5 Å². The summed E-state index contributed by atoms with van der Waals surface area (Å²) in [5, 5.41) is 4.83. The Morgan fingerprint density at radius 3 is 2.19 bits per heavy atom. The number of rotatable bonds is 6. The van der Waals surface area contributed by atoms with Gasteiger partial charge in [-0.2, -0.15) is 0 Å². The predicted octanol–water partition coefficient (Wildman–Crippen LogP) is 5.75. The largest absolute Gasteiger partial charge is 0.338 e. The van der Waals surface area contributed by atoms with Crippen LogP contribution in [-0.2, 0) is 0 Å². The van der Waals surface area contributed by atoms with Crippen LogP contribution in [0.3, 0.4) is 0 Å². The van der Waals surface area contributed by atoms with Gasteiger partial charge in [-0.25, -0.2) is 14.9 Å². The van der Waals surface area contributed by atoms with Crippen LogP contribution in [0, 0.1) is 0 Å². The molecule has 4 aromatic rings. The first-order valence-electron chi connectivity index (χ1n) is 9.85. The van der Waals surface area contributed by atoms with Crippen molar-refractivity contribution in [2.24, 2.45) is 4.99 Å². The maximum absolute atomic E-state index is 12.6. The van der Waals surface area contributed by atoms with E-state index in [4.69, 9.17) is 0 Å². The van der Waals surface area contributed by atoms with Crippen LogP contribution in [0.5, 0.6) is 0 Å².